The van der Waals surface area contributed by atoms with Gasteiger partial charge in [0.2, 0.25) is 0 Å². The molecule has 0 bridgehead atoms. The van der Waals surface area contributed by atoms with Crippen LogP contribution in [0.5, 0.6) is 0 Å². The van der Waals surface area contributed by atoms with Crippen LogP contribution in [-0.4, -0.2) is 12.0 Å². The van der Waals surface area contributed by atoms with E-state index in [-0.39, 0.29) is 6.04 Å². The SMILES string of the molecule is CNC(c1cccc(C)c1C)c1ncccc1C. The molecule has 0 aliphatic carbocycles. The molecular formula is C16H20N2. The molecule has 1 aromatic heterocycles. The molecule has 0 aliphatic heterocycles. The lowest BCUT2D eigenvalue weighted by molar-refractivity contribution is 0.661. The highest BCUT2D eigenvalue weighted by Crippen LogP contribution is 2.26. The largest absolute Gasteiger partial charge is 0.308 e. The van der Waals surface area contributed by atoms with E-state index >= 15 is 0 Å². The van der Waals surface area contributed by atoms with Gasteiger partial charge < -0.3 is 5.32 Å². The Labute approximate surface area is 109 Å². The van der Waals surface area contributed by atoms with Gasteiger partial charge in [-0.05, 0) is 56.1 Å². The lowest BCUT2D eigenvalue weighted by Gasteiger charge is -2.21. The monoisotopic (exact) mass is 240 g/mol. The van der Waals surface area contributed by atoms with E-state index < -0.39 is 0 Å². The molecule has 2 nitrogen and oxygen atoms in total. The maximum absolute atomic E-state index is 4.53. The molecule has 18 heavy (non-hydrogen) atoms. The van der Waals surface area contributed by atoms with Crippen LogP contribution in [0.1, 0.15) is 34.0 Å². The quantitative estimate of drug-likeness (QED) is 0.890. The van der Waals surface area contributed by atoms with Crippen molar-refractivity contribution >= 4 is 0 Å². The van der Waals surface area contributed by atoms with Gasteiger partial charge in [0.15, 0.2) is 0 Å². The van der Waals surface area contributed by atoms with E-state index in [4.69, 9.17) is 0 Å². The predicted molar refractivity (Wildman–Crippen MR) is 75.8 cm³/mol. The van der Waals surface area contributed by atoms with Crippen LogP contribution >= 0.6 is 0 Å². The standard InChI is InChI=1S/C16H20N2/c1-11-7-5-9-14(13(11)3)16(17-4)15-12(2)8-6-10-18-15/h5-10,16-17H,1-4H3. The summed E-state index contributed by atoms with van der Waals surface area (Å²) in [6.07, 6.45) is 1.86. The van der Waals surface area contributed by atoms with E-state index in [9.17, 15) is 0 Å². The lowest BCUT2D eigenvalue weighted by atomic mass is 9.94. The van der Waals surface area contributed by atoms with Crippen molar-refractivity contribution in [2.24, 2.45) is 0 Å². The number of hydrogen-bond acceptors (Lipinski definition) is 2. The molecule has 0 aliphatic rings. The molecule has 1 heterocycles. The van der Waals surface area contributed by atoms with Gasteiger partial charge in [0.25, 0.3) is 0 Å². The summed E-state index contributed by atoms with van der Waals surface area (Å²) in [7, 11) is 1.99. The van der Waals surface area contributed by atoms with E-state index in [1.165, 1.54) is 22.3 Å². The van der Waals surface area contributed by atoms with Gasteiger partial charge in [0.05, 0.1) is 11.7 Å². The molecule has 0 saturated carbocycles. The Balaban J connectivity index is 2.53. The number of aromatic nitrogens is 1. The normalized spacial score (nSPS) is 12.4. The van der Waals surface area contributed by atoms with Gasteiger partial charge in [0.1, 0.15) is 0 Å². The molecule has 0 radical (unpaired) electrons. The van der Waals surface area contributed by atoms with Gasteiger partial charge in [-0.1, -0.05) is 24.3 Å². The summed E-state index contributed by atoms with van der Waals surface area (Å²) in [5.41, 5.74) is 6.29. The van der Waals surface area contributed by atoms with Crippen LogP contribution in [-0.2, 0) is 0 Å². The minimum Gasteiger partial charge on any atom is -0.308 e. The smallest absolute Gasteiger partial charge is 0.0754 e. The van der Waals surface area contributed by atoms with Gasteiger partial charge in [-0.25, -0.2) is 0 Å². The third-order valence-electron chi connectivity index (χ3n) is 3.57. The number of hydrogen-bond donors (Lipinski definition) is 1. The summed E-state index contributed by atoms with van der Waals surface area (Å²) in [4.78, 5) is 4.53. The molecular weight excluding hydrogens is 220 g/mol. The maximum Gasteiger partial charge on any atom is 0.0754 e. The lowest BCUT2D eigenvalue weighted by Crippen LogP contribution is -2.21. The van der Waals surface area contributed by atoms with Crippen molar-refractivity contribution in [2.75, 3.05) is 7.05 Å². The predicted octanol–water partition coefficient (Wildman–Crippen LogP) is 3.32. The molecule has 1 atom stereocenters. The Hall–Kier alpha value is -1.67. The van der Waals surface area contributed by atoms with E-state index in [2.05, 4.69) is 55.3 Å². The highest BCUT2D eigenvalue weighted by Gasteiger charge is 2.17. The molecule has 0 fully saturated rings. The van der Waals surface area contributed by atoms with Gasteiger partial charge in [-0.15, -0.1) is 0 Å². The highest BCUT2D eigenvalue weighted by molar-refractivity contribution is 5.40. The fourth-order valence-corrected chi connectivity index (χ4v) is 2.33. The first kappa shape index (κ1) is 12.8. The highest BCUT2D eigenvalue weighted by atomic mass is 14.9. The second-order valence-electron chi connectivity index (χ2n) is 4.72. The molecule has 2 heteroatoms. The summed E-state index contributed by atoms with van der Waals surface area (Å²) < 4.78 is 0. The van der Waals surface area contributed by atoms with E-state index in [0.717, 1.165) is 5.69 Å². The van der Waals surface area contributed by atoms with E-state index in [0.29, 0.717) is 0 Å². The first-order chi connectivity index (χ1) is 8.65. The van der Waals surface area contributed by atoms with E-state index in [1.807, 2.05) is 19.3 Å². The van der Waals surface area contributed by atoms with Gasteiger partial charge >= 0.3 is 0 Å². The summed E-state index contributed by atoms with van der Waals surface area (Å²) in [6, 6.07) is 10.7. The molecule has 1 N–H and O–H groups in total. The molecule has 0 amide bonds. The van der Waals surface area contributed by atoms with Gasteiger partial charge in [0, 0.05) is 6.20 Å². The number of nitrogens with zero attached hydrogens (tertiary/aromatic N) is 1. The van der Waals surface area contributed by atoms with Crippen LogP contribution in [0.3, 0.4) is 0 Å². The zero-order chi connectivity index (χ0) is 13.1. The average molecular weight is 240 g/mol. The van der Waals surface area contributed by atoms with Crippen molar-refractivity contribution in [1.82, 2.24) is 10.3 Å². The van der Waals surface area contributed by atoms with Gasteiger partial charge in [-0.2, -0.15) is 0 Å². The minimum absolute atomic E-state index is 0.158. The average Bonchev–Trinajstić information content (AvgIpc) is 2.37. The number of aryl methyl sites for hydroxylation is 2. The van der Waals surface area contributed by atoms with Crippen molar-refractivity contribution in [3.05, 3.63) is 64.5 Å². The Kier molecular flexibility index (Phi) is 3.78. The summed E-state index contributed by atoms with van der Waals surface area (Å²) in [5, 5.41) is 3.38. The van der Waals surface area contributed by atoms with Crippen LogP contribution < -0.4 is 5.32 Å². The Bertz CT molecular complexity index is 547. The molecule has 2 aromatic rings. The molecule has 1 unspecified atom stereocenters. The molecule has 0 saturated heterocycles. The topological polar surface area (TPSA) is 24.9 Å². The third kappa shape index (κ3) is 2.29. The molecule has 0 spiro atoms. The van der Waals surface area contributed by atoms with Crippen molar-refractivity contribution in [2.45, 2.75) is 26.8 Å². The van der Waals surface area contributed by atoms with Gasteiger partial charge in [-0.3, -0.25) is 4.98 Å². The van der Waals surface area contributed by atoms with Crippen molar-refractivity contribution in [1.29, 1.82) is 0 Å². The summed E-state index contributed by atoms with van der Waals surface area (Å²) in [6.45, 7) is 6.43. The Morgan fingerprint density at radius 1 is 1.00 bits per heavy atom. The zero-order valence-electron chi connectivity index (χ0n) is 11.5. The molecule has 1 aromatic carbocycles. The minimum atomic E-state index is 0.158. The van der Waals surface area contributed by atoms with Crippen molar-refractivity contribution in [3.63, 3.8) is 0 Å². The number of nitrogens with one attached hydrogen (secondary N) is 1. The van der Waals surface area contributed by atoms with Crippen molar-refractivity contribution in [3.8, 4) is 0 Å². The van der Waals surface area contributed by atoms with E-state index in [1.54, 1.807) is 0 Å². The third-order valence-corrected chi connectivity index (χ3v) is 3.57. The maximum atomic E-state index is 4.53. The molecule has 94 valence electrons. The number of benzene rings is 1. The van der Waals surface area contributed by atoms with Crippen LogP contribution in [0, 0.1) is 20.8 Å². The first-order valence-electron chi connectivity index (χ1n) is 6.30. The Morgan fingerprint density at radius 2 is 1.72 bits per heavy atom. The van der Waals surface area contributed by atoms with Crippen LogP contribution in [0.2, 0.25) is 0 Å². The first-order valence-corrected chi connectivity index (χ1v) is 6.30. The second-order valence-corrected chi connectivity index (χ2v) is 4.72. The Morgan fingerprint density at radius 3 is 2.39 bits per heavy atom. The zero-order valence-corrected chi connectivity index (χ0v) is 11.5. The summed E-state index contributed by atoms with van der Waals surface area (Å²) in [5.74, 6) is 0. The molecule has 2 rings (SSSR count). The fourth-order valence-electron chi connectivity index (χ4n) is 2.33. The number of pyridine rings is 1. The fraction of sp³-hybridized carbons (Fsp3) is 0.312. The number of rotatable bonds is 3. The summed E-state index contributed by atoms with van der Waals surface area (Å²) >= 11 is 0. The van der Waals surface area contributed by atoms with Crippen LogP contribution in [0.15, 0.2) is 36.5 Å². The van der Waals surface area contributed by atoms with Crippen LogP contribution in [0.4, 0.5) is 0 Å². The van der Waals surface area contributed by atoms with Crippen LogP contribution in [0.25, 0.3) is 0 Å². The second kappa shape index (κ2) is 5.32. The van der Waals surface area contributed by atoms with Crippen molar-refractivity contribution < 1.29 is 0 Å².